The maximum Gasteiger partial charge on any atom is 0.338 e. The van der Waals surface area contributed by atoms with Gasteiger partial charge in [-0.15, -0.1) is 0 Å². The summed E-state index contributed by atoms with van der Waals surface area (Å²) >= 11 is 0. The van der Waals surface area contributed by atoms with Gasteiger partial charge in [-0.05, 0) is 54.4 Å². The summed E-state index contributed by atoms with van der Waals surface area (Å²) in [6, 6.07) is 0. The molecule has 0 aliphatic carbocycles. The molecule has 0 aromatic rings. The summed E-state index contributed by atoms with van der Waals surface area (Å²) in [6.07, 6.45) is 3.35. The highest BCUT2D eigenvalue weighted by Crippen LogP contribution is 2.31. The summed E-state index contributed by atoms with van der Waals surface area (Å²) in [5, 5.41) is 0. The molecular weight excluding hydrogens is 240 g/mol. The SMILES string of the molecule is CCCCC(CC)(OC(C)(C)C)C(=O)OC(C)(C)C. The van der Waals surface area contributed by atoms with E-state index >= 15 is 0 Å². The lowest BCUT2D eigenvalue weighted by Crippen LogP contribution is -2.49. The van der Waals surface area contributed by atoms with Crippen LogP contribution in [-0.4, -0.2) is 22.8 Å². The van der Waals surface area contributed by atoms with E-state index in [0.717, 1.165) is 12.8 Å². The van der Waals surface area contributed by atoms with Crippen LogP contribution in [0.2, 0.25) is 0 Å². The minimum atomic E-state index is -0.818. The number of hydrogen-bond donors (Lipinski definition) is 0. The molecule has 0 N–H and O–H groups in total. The largest absolute Gasteiger partial charge is 0.458 e. The van der Waals surface area contributed by atoms with Gasteiger partial charge >= 0.3 is 5.97 Å². The number of rotatable bonds is 6. The molecule has 0 aliphatic heterocycles. The second kappa shape index (κ2) is 6.74. The maximum absolute atomic E-state index is 12.5. The van der Waals surface area contributed by atoms with Gasteiger partial charge in [0.1, 0.15) is 5.60 Å². The number of hydrogen-bond acceptors (Lipinski definition) is 3. The standard InChI is InChI=1S/C16H32O3/c1-9-11-12-16(10-2,19-15(6,7)8)13(17)18-14(3,4)5/h9-12H2,1-8H3. The Morgan fingerprint density at radius 2 is 1.47 bits per heavy atom. The Morgan fingerprint density at radius 1 is 0.947 bits per heavy atom. The summed E-state index contributed by atoms with van der Waals surface area (Å²) in [5.41, 5.74) is -1.66. The average Bonchev–Trinajstić information content (AvgIpc) is 2.20. The Bertz CT molecular complexity index is 283. The third-order valence-electron chi connectivity index (χ3n) is 2.78. The molecule has 0 aromatic carbocycles. The van der Waals surface area contributed by atoms with Gasteiger partial charge in [0.15, 0.2) is 5.60 Å². The first-order valence-corrected chi connectivity index (χ1v) is 7.39. The highest BCUT2D eigenvalue weighted by Gasteiger charge is 2.43. The summed E-state index contributed by atoms with van der Waals surface area (Å²) in [7, 11) is 0. The van der Waals surface area contributed by atoms with Gasteiger partial charge in [-0.25, -0.2) is 4.79 Å². The molecule has 0 spiro atoms. The quantitative estimate of drug-likeness (QED) is 0.669. The lowest BCUT2D eigenvalue weighted by molar-refractivity contribution is -0.203. The molecule has 1 unspecified atom stereocenters. The Balaban J connectivity index is 5.16. The van der Waals surface area contributed by atoms with E-state index < -0.39 is 11.2 Å². The van der Waals surface area contributed by atoms with Crippen molar-refractivity contribution in [3.63, 3.8) is 0 Å². The molecule has 0 saturated carbocycles. The third-order valence-corrected chi connectivity index (χ3v) is 2.78. The summed E-state index contributed by atoms with van der Waals surface area (Å²) in [6.45, 7) is 15.7. The van der Waals surface area contributed by atoms with E-state index in [-0.39, 0.29) is 11.6 Å². The van der Waals surface area contributed by atoms with Crippen molar-refractivity contribution >= 4 is 5.97 Å². The first-order chi connectivity index (χ1) is 8.46. The molecule has 0 aromatic heterocycles. The third kappa shape index (κ3) is 6.95. The lowest BCUT2D eigenvalue weighted by atomic mass is 9.92. The predicted octanol–water partition coefficient (Wildman–Crippen LogP) is 4.48. The van der Waals surface area contributed by atoms with Crippen LogP contribution in [0.1, 0.15) is 81.1 Å². The molecule has 0 aliphatic rings. The van der Waals surface area contributed by atoms with Crippen molar-refractivity contribution in [2.24, 2.45) is 0 Å². The molecule has 0 heterocycles. The molecular formula is C16H32O3. The van der Waals surface area contributed by atoms with Gasteiger partial charge in [-0.1, -0.05) is 26.7 Å². The Labute approximate surface area is 119 Å². The Hall–Kier alpha value is -0.570. The number of esters is 1. The highest BCUT2D eigenvalue weighted by molar-refractivity contribution is 5.80. The predicted molar refractivity (Wildman–Crippen MR) is 79.2 cm³/mol. The topological polar surface area (TPSA) is 35.5 Å². The molecule has 3 nitrogen and oxygen atoms in total. The van der Waals surface area contributed by atoms with Crippen molar-refractivity contribution in [1.29, 1.82) is 0 Å². The van der Waals surface area contributed by atoms with E-state index in [1.807, 2.05) is 48.5 Å². The summed E-state index contributed by atoms with van der Waals surface area (Å²) < 4.78 is 11.7. The first-order valence-electron chi connectivity index (χ1n) is 7.39. The van der Waals surface area contributed by atoms with E-state index in [1.54, 1.807) is 0 Å². The molecule has 0 bridgehead atoms. The van der Waals surface area contributed by atoms with E-state index in [2.05, 4.69) is 6.92 Å². The van der Waals surface area contributed by atoms with Gasteiger partial charge in [0, 0.05) is 0 Å². The van der Waals surface area contributed by atoms with Crippen LogP contribution in [0.15, 0.2) is 0 Å². The van der Waals surface area contributed by atoms with Gasteiger partial charge in [0.25, 0.3) is 0 Å². The van der Waals surface area contributed by atoms with Crippen LogP contribution in [-0.2, 0) is 14.3 Å². The van der Waals surface area contributed by atoms with Crippen LogP contribution < -0.4 is 0 Å². The fourth-order valence-corrected chi connectivity index (χ4v) is 2.01. The van der Waals surface area contributed by atoms with Gasteiger partial charge in [-0.2, -0.15) is 0 Å². The zero-order valence-corrected chi connectivity index (χ0v) is 14.1. The van der Waals surface area contributed by atoms with Crippen LogP contribution >= 0.6 is 0 Å². The molecule has 1 atom stereocenters. The normalized spacial score (nSPS) is 16.0. The van der Waals surface area contributed by atoms with Crippen LogP contribution in [0.25, 0.3) is 0 Å². The average molecular weight is 272 g/mol. The number of unbranched alkanes of at least 4 members (excludes halogenated alkanes) is 1. The fraction of sp³-hybridized carbons (Fsp3) is 0.938. The Morgan fingerprint density at radius 3 is 1.79 bits per heavy atom. The smallest absolute Gasteiger partial charge is 0.338 e. The maximum atomic E-state index is 12.5. The van der Waals surface area contributed by atoms with Gasteiger partial charge in [0.2, 0.25) is 0 Å². The second-order valence-electron chi connectivity index (χ2n) is 7.17. The van der Waals surface area contributed by atoms with Crippen LogP contribution in [0.3, 0.4) is 0 Å². The highest BCUT2D eigenvalue weighted by atomic mass is 16.6. The molecule has 0 radical (unpaired) electrons. The van der Waals surface area contributed by atoms with Gasteiger partial charge in [0.05, 0.1) is 5.60 Å². The fourth-order valence-electron chi connectivity index (χ4n) is 2.01. The van der Waals surface area contributed by atoms with E-state index in [9.17, 15) is 4.79 Å². The molecule has 19 heavy (non-hydrogen) atoms. The summed E-state index contributed by atoms with van der Waals surface area (Å²) in [5.74, 6) is -0.231. The van der Waals surface area contributed by atoms with Gasteiger partial charge < -0.3 is 9.47 Å². The molecule has 0 rings (SSSR count). The molecule has 0 amide bonds. The zero-order valence-electron chi connectivity index (χ0n) is 14.1. The van der Waals surface area contributed by atoms with Crippen molar-refractivity contribution in [3.05, 3.63) is 0 Å². The van der Waals surface area contributed by atoms with Crippen molar-refractivity contribution in [2.45, 2.75) is 97.9 Å². The van der Waals surface area contributed by atoms with Crippen molar-refractivity contribution in [1.82, 2.24) is 0 Å². The number of ether oxygens (including phenoxy) is 2. The van der Waals surface area contributed by atoms with Crippen LogP contribution in [0.4, 0.5) is 0 Å². The molecule has 114 valence electrons. The molecule has 0 saturated heterocycles. The molecule has 3 heteroatoms. The number of carbonyl (C=O) groups is 1. The first kappa shape index (κ1) is 18.4. The van der Waals surface area contributed by atoms with Crippen molar-refractivity contribution < 1.29 is 14.3 Å². The monoisotopic (exact) mass is 272 g/mol. The second-order valence-corrected chi connectivity index (χ2v) is 7.17. The Kier molecular flexibility index (Phi) is 6.53. The van der Waals surface area contributed by atoms with Crippen LogP contribution in [0.5, 0.6) is 0 Å². The number of carbonyl (C=O) groups excluding carboxylic acids is 1. The summed E-state index contributed by atoms with van der Waals surface area (Å²) in [4.78, 5) is 12.5. The van der Waals surface area contributed by atoms with E-state index in [0.29, 0.717) is 12.8 Å². The zero-order chi connectivity index (χ0) is 15.3. The lowest BCUT2D eigenvalue weighted by Gasteiger charge is -2.38. The van der Waals surface area contributed by atoms with Crippen LogP contribution in [0, 0.1) is 0 Å². The minimum Gasteiger partial charge on any atom is -0.458 e. The van der Waals surface area contributed by atoms with E-state index in [4.69, 9.17) is 9.47 Å². The molecule has 0 fully saturated rings. The minimum absolute atomic E-state index is 0.231. The van der Waals surface area contributed by atoms with Gasteiger partial charge in [-0.3, -0.25) is 0 Å². The van der Waals surface area contributed by atoms with E-state index in [1.165, 1.54) is 0 Å². The van der Waals surface area contributed by atoms with Crippen molar-refractivity contribution in [3.8, 4) is 0 Å². The van der Waals surface area contributed by atoms with Crippen molar-refractivity contribution in [2.75, 3.05) is 0 Å².